The number of methoxy groups -OCH3 is 1. The number of piperazine rings is 1. The molecule has 2 aromatic carbocycles. The summed E-state index contributed by atoms with van der Waals surface area (Å²) in [6, 6.07) is 16.1. The van der Waals surface area contributed by atoms with Gasteiger partial charge in [-0.05, 0) is 38.1 Å². The van der Waals surface area contributed by atoms with E-state index in [-0.39, 0.29) is 5.91 Å². The summed E-state index contributed by atoms with van der Waals surface area (Å²) in [6.07, 6.45) is 2.50. The summed E-state index contributed by atoms with van der Waals surface area (Å²) in [5.74, 6) is 1.55. The zero-order valence-electron chi connectivity index (χ0n) is 19.7. The van der Waals surface area contributed by atoms with Gasteiger partial charge in [0.15, 0.2) is 11.5 Å². The van der Waals surface area contributed by atoms with Crippen LogP contribution in [-0.2, 0) is 0 Å². The SMILES string of the molecule is COc1cccc(N2CCN(c3nnc(C(=O)NCCN4CCCC4)c4ccccc34)CC2)c1. The van der Waals surface area contributed by atoms with E-state index in [1.807, 2.05) is 36.4 Å². The van der Waals surface area contributed by atoms with Gasteiger partial charge in [-0.1, -0.05) is 30.3 Å². The third-order valence-corrected chi connectivity index (χ3v) is 6.79. The van der Waals surface area contributed by atoms with Gasteiger partial charge in [0.05, 0.1) is 7.11 Å². The molecule has 3 aromatic rings. The maximum Gasteiger partial charge on any atom is 0.272 e. The lowest BCUT2D eigenvalue weighted by Gasteiger charge is -2.37. The number of benzene rings is 2. The average molecular weight is 461 g/mol. The summed E-state index contributed by atoms with van der Waals surface area (Å²) in [5.41, 5.74) is 1.56. The number of ether oxygens (including phenoxy) is 1. The fourth-order valence-electron chi connectivity index (χ4n) is 4.89. The minimum Gasteiger partial charge on any atom is -0.497 e. The van der Waals surface area contributed by atoms with Crippen LogP contribution in [-0.4, -0.2) is 80.5 Å². The standard InChI is InChI=1S/C26H32N6O2/c1-34-21-8-6-7-20(19-21)31-15-17-32(18-16-31)25-23-10-3-2-9-22(23)24(28-29-25)26(33)27-11-14-30-12-4-5-13-30/h2-3,6-10,19H,4-5,11-18H2,1H3,(H,27,33). The Morgan fingerprint density at radius 3 is 2.41 bits per heavy atom. The molecule has 1 N–H and O–H groups in total. The second-order valence-electron chi connectivity index (χ2n) is 8.90. The zero-order chi connectivity index (χ0) is 23.3. The molecule has 1 aromatic heterocycles. The first-order valence-corrected chi connectivity index (χ1v) is 12.1. The normalized spacial score (nSPS) is 16.7. The Bertz CT molecular complexity index is 1140. The number of likely N-dealkylation sites (tertiary alicyclic amines) is 1. The number of rotatable bonds is 7. The third-order valence-electron chi connectivity index (χ3n) is 6.79. The quantitative estimate of drug-likeness (QED) is 0.581. The van der Waals surface area contributed by atoms with Gasteiger partial charge in [0.1, 0.15) is 5.75 Å². The molecule has 34 heavy (non-hydrogen) atoms. The van der Waals surface area contributed by atoms with Gasteiger partial charge < -0.3 is 24.8 Å². The van der Waals surface area contributed by atoms with Gasteiger partial charge in [-0.2, -0.15) is 0 Å². The van der Waals surface area contributed by atoms with Crippen LogP contribution < -0.4 is 19.9 Å². The van der Waals surface area contributed by atoms with E-state index >= 15 is 0 Å². The van der Waals surface area contributed by atoms with E-state index in [9.17, 15) is 4.79 Å². The van der Waals surface area contributed by atoms with E-state index in [0.717, 1.165) is 73.8 Å². The van der Waals surface area contributed by atoms with Crippen LogP contribution in [0.5, 0.6) is 5.75 Å². The van der Waals surface area contributed by atoms with Gasteiger partial charge in [-0.25, -0.2) is 0 Å². The molecule has 178 valence electrons. The van der Waals surface area contributed by atoms with E-state index < -0.39 is 0 Å². The molecule has 1 amide bonds. The Hall–Kier alpha value is -3.39. The first-order chi connectivity index (χ1) is 16.7. The largest absolute Gasteiger partial charge is 0.497 e. The highest BCUT2D eigenvalue weighted by molar-refractivity contribution is 6.07. The van der Waals surface area contributed by atoms with Crippen LogP contribution in [0, 0.1) is 0 Å². The minimum atomic E-state index is -0.155. The Morgan fingerprint density at radius 1 is 0.912 bits per heavy atom. The Kier molecular flexibility index (Phi) is 6.76. The number of anilines is 2. The summed E-state index contributed by atoms with van der Waals surface area (Å²) < 4.78 is 5.37. The molecule has 0 saturated carbocycles. The van der Waals surface area contributed by atoms with Crippen molar-refractivity contribution in [1.82, 2.24) is 20.4 Å². The van der Waals surface area contributed by atoms with Crippen LogP contribution >= 0.6 is 0 Å². The molecule has 8 nitrogen and oxygen atoms in total. The molecule has 0 radical (unpaired) electrons. The molecule has 2 aliphatic rings. The zero-order valence-corrected chi connectivity index (χ0v) is 19.7. The molecule has 2 saturated heterocycles. The number of carbonyl (C=O) groups excluding carboxylic acids is 1. The van der Waals surface area contributed by atoms with Crippen molar-refractivity contribution in [2.45, 2.75) is 12.8 Å². The van der Waals surface area contributed by atoms with Crippen LogP contribution in [0.4, 0.5) is 11.5 Å². The molecule has 0 spiro atoms. The van der Waals surface area contributed by atoms with Gasteiger partial charge in [0.25, 0.3) is 5.91 Å². The molecule has 2 aliphatic heterocycles. The van der Waals surface area contributed by atoms with Gasteiger partial charge in [-0.15, -0.1) is 10.2 Å². The summed E-state index contributed by atoms with van der Waals surface area (Å²) >= 11 is 0. The topological polar surface area (TPSA) is 73.8 Å². The first kappa shape index (κ1) is 22.4. The van der Waals surface area contributed by atoms with Crippen LogP contribution in [0.2, 0.25) is 0 Å². The molecular formula is C26H32N6O2. The number of amides is 1. The molecule has 0 bridgehead atoms. The van der Waals surface area contributed by atoms with Crippen LogP contribution in [0.25, 0.3) is 10.8 Å². The fraction of sp³-hybridized carbons (Fsp3) is 0.423. The Labute approximate surface area is 200 Å². The maximum absolute atomic E-state index is 12.9. The van der Waals surface area contributed by atoms with Gasteiger partial charge in [-0.3, -0.25) is 4.79 Å². The Balaban J connectivity index is 1.28. The minimum absolute atomic E-state index is 0.155. The molecule has 5 rings (SSSR count). The third kappa shape index (κ3) is 4.77. The lowest BCUT2D eigenvalue weighted by molar-refractivity contribution is 0.0945. The molecule has 3 heterocycles. The number of fused-ring (bicyclic) bond motifs is 1. The van der Waals surface area contributed by atoms with Crippen LogP contribution in [0.1, 0.15) is 23.3 Å². The van der Waals surface area contributed by atoms with Crippen molar-refractivity contribution in [3.63, 3.8) is 0 Å². The highest BCUT2D eigenvalue weighted by atomic mass is 16.5. The second kappa shape index (κ2) is 10.3. The number of hydrogen-bond acceptors (Lipinski definition) is 7. The molecule has 0 atom stereocenters. The number of nitrogens with zero attached hydrogens (tertiary/aromatic N) is 5. The van der Waals surface area contributed by atoms with Gasteiger partial charge in [0, 0.05) is 61.8 Å². The van der Waals surface area contributed by atoms with Gasteiger partial charge in [0.2, 0.25) is 0 Å². The monoisotopic (exact) mass is 460 g/mol. The van der Waals surface area contributed by atoms with Crippen molar-refractivity contribution >= 4 is 28.2 Å². The summed E-state index contributed by atoms with van der Waals surface area (Å²) in [7, 11) is 1.69. The fourth-order valence-corrected chi connectivity index (χ4v) is 4.89. The van der Waals surface area contributed by atoms with Crippen molar-refractivity contribution < 1.29 is 9.53 Å². The molecule has 0 unspecified atom stereocenters. The van der Waals surface area contributed by atoms with Crippen LogP contribution in [0.15, 0.2) is 48.5 Å². The lowest BCUT2D eigenvalue weighted by atomic mass is 10.1. The second-order valence-corrected chi connectivity index (χ2v) is 8.90. The van der Waals surface area contributed by atoms with Crippen molar-refractivity contribution in [3.8, 4) is 5.75 Å². The molecular weight excluding hydrogens is 428 g/mol. The van der Waals surface area contributed by atoms with Crippen LogP contribution in [0.3, 0.4) is 0 Å². The number of nitrogens with one attached hydrogen (secondary N) is 1. The van der Waals surface area contributed by atoms with E-state index in [2.05, 4.69) is 42.3 Å². The van der Waals surface area contributed by atoms with E-state index in [0.29, 0.717) is 12.2 Å². The summed E-state index contributed by atoms with van der Waals surface area (Å²) in [5, 5.41) is 13.8. The Morgan fingerprint density at radius 2 is 1.65 bits per heavy atom. The highest BCUT2D eigenvalue weighted by Gasteiger charge is 2.23. The average Bonchev–Trinajstić information content (AvgIpc) is 3.42. The van der Waals surface area contributed by atoms with Crippen molar-refractivity contribution in [2.75, 3.05) is 69.3 Å². The molecule has 2 fully saturated rings. The van der Waals surface area contributed by atoms with Gasteiger partial charge >= 0.3 is 0 Å². The summed E-state index contributed by atoms with van der Waals surface area (Å²) in [4.78, 5) is 19.9. The van der Waals surface area contributed by atoms with E-state index in [1.54, 1.807) is 7.11 Å². The van der Waals surface area contributed by atoms with Crippen molar-refractivity contribution in [1.29, 1.82) is 0 Å². The molecule has 8 heteroatoms. The maximum atomic E-state index is 12.9. The van der Waals surface area contributed by atoms with Crippen molar-refractivity contribution in [3.05, 3.63) is 54.2 Å². The predicted molar refractivity (Wildman–Crippen MR) is 135 cm³/mol. The number of hydrogen-bond donors (Lipinski definition) is 1. The lowest BCUT2D eigenvalue weighted by Crippen LogP contribution is -2.47. The van der Waals surface area contributed by atoms with Crippen molar-refractivity contribution in [2.24, 2.45) is 0 Å². The van der Waals surface area contributed by atoms with E-state index in [1.165, 1.54) is 12.8 Å². The number of carbonyl (C=O) groups is 1. The highest BCUT2D eigenvalue weighted by Crippen LogP contribution is 2.28. The van der Waals surface area contributed by atoms with E-state index in [4.69, 9.17) is 4.74 Å². The first-order valence-electron chi connectivity index (χ1n) is 12.1. The number of aromatic nitrogens is 2. The predicted octanol–water partition coefficient (Wildman–Crippen LogP) is 2.79. The summed E-state index contributed by atoms with van der Waals surface area (Å²) in [6.45, 7) is 7.17. The smallest absolute Gasteiger partial charge is 0.272 e. The molecule has 0 aliphatic carbocycles.